The highest BCUT2D eigenvalue weighted by Gasteiger charge is 2.29. The third-order valence-electron chi connectivity index (χ3n) is 2.99. The summed E-state index contributed by atoms with van der Waals surface area (Å²) < 4.78 is 18.9. The van der Waals surface area contributed by atoms with Gasteiger partial charge in [0.15, 0.2) is 0 Å². The minimum absolute atomic E-state index is 0.113. The molecule has 4 heteroatoms. The van der Waals surface area contributed by atoms with E-state index in [4.69, 9.17) is 10.5 Å². The van der Waals surface area contributed by atoms with Gasteiger partial charge in [0, 0.05) is 11.6 Å². The van der Waals surface area contributed by atoms with Crippen molar-refractivity contribution >= 4 is 0 Å². The van der Waals surface area contributed by atoms with Crippen LogP contribution in [0.5, 0.6) is 0 Å². The van der Waals surface area contributed by atoms with Crippen LogP contribution in [-0.2, 0) is 11.3 Å². The van der Waals surface area contributed by atoms with Crippen molar-refractivity contribution in [2.24, 2.45) is 11.1 Å². The van der Waals surface area contributed by atoms with Gasteiger partial charge in [0.2, 0.25) is 0 Å². The minimum atomic E-state index is -0.496. The van der Waals surface area contributed by atoms with E-state index >= 15 is 0 Å². The third kappa shape index (κ3) is 4.05. The van der Waals surface area contributed by atoms with Gasteiger partial charge in [0.25, 0.3) is 0 Å². The molecule has 0 heterocycles. The highest BCUT2D eigenvalue weighted by atomic mass is 19.1. The molecule has 3 N–H and O–H groups in total. The quantitative estimate of drug-likeness (QED) is 0.847. The minimum Gasteiger partial charge on any atom is -0.394 e. The Kier molecular flexibility index (Phi) is 5.26. The monoisotopic (exact) mass is 255 g/mol. The van der Waals surface area contributed by atoms with Crippen LogP contribution >= 0.6 is 0 Å². The van der Waals surface area contributed by atoms with Crippen LogP contribution in [0.4, 0.5) is 4.39 Å². The van der Waals surface area contributed by atoms with Gasteiger partial charge in [-0.2, -0.15) is 0 Å². The standard InChI is InChI=1S/C14H22FNO2/c1-14(2,3)13(16)12(8-17)18-9-10-6-4-5-7-11(10)15/h4-7,12-13,17H,8-9,16H2,1-3H3. The van der Waals surface area contributed by atoms with Gasteiger partial charge in [0.05, 0.1) is 19.3 Å². The molecule has 0 fully saturated rings. The summed E-state index contributed by atoms with van der Waals surface area (Å²) in [7, 11) is 0. The number of aliphatic hydroxyl groups is 1. The lowest BCUT2D eigenvalue weighted by Crippen LogP contribution is -2.48. The van der Waals surface area contributed by atoms with E-state index in [1.54, 1.807) is 18.2 Å². The number of hydrogen-bond donors (Lipinski definition) is 2. The fourth-order valence-corrected chi connectivity index (χ4v) is 1.64. The van der Waals surface area contributed by atoms with E-state index in [0.717, 1.165) is 0 Å². The second kappa shape index (κ2) is 6.27. The number of hydrogen-bond acceptors (Lipinski definition) is 3. The average molecular weight is 255 g/mol. The largest absolute Gasteiger partial charge is 0.394 e. The van der Waals surface area contributed by atoms with Crippen LogP contribution < -0.4 is 5.73 Å². The first-order chi connectivity index (χ1) is 8.36. The van der Waals surface area contributed by atoms with Crippen molar-refractivity contribution in [1.82, 2.24) is 0 Å². The zero-order chi connectivity index (χ0) is 13.8. The Morgan fingerprint density at radius 3 is 2.44 bits per heavy atom. The molecular formula is C14H22FNO2. The van der Waals surface area contributed by atoms with Crippen molar-refractivity contribution in [3.05, 3.63) is 35.6 Å². The molecule has 0 bridgehead atoms. The van der Waals surface area contributed by atoms with Crippen LogP contribution in [0.15, 0.2) is 24.3 Å². The molecule has 0 aliphatic heterocycles. The Bertz CT molecular complexity index is 376. The summed E-state index contributed by atoms with van der Waals surface area (Å²) in [6, 6.07) is 6.11. The molecule has 0 amide bonds. The molecule has 0 saturated heterocycles. The number of ether oxygens (including phenoxy) is 1. The predicted octanol–water partition coefficient (Wildman–Crippen LogP) is 2.08. The van der Waals surface area contributed by atoms with E-state index in [9.17, 15) is 9.50 Å². The highest BCUT2D eigenvalue weighted by Crippen LogP contribution is 2.22. The molecule has 0 spiro atoms. The Labute approximate surface area is 108 Å². The van der Waals surface area contributed by atoms with Crippen molar-refractivity contribution in [1.29, 1.82) is 0 Å². The van der Waals surface area contributed by atoms with Gasteiger partial charge in [-0.05, 0) is 11.5 Å². The zero-order valence-electron chi connectivity index (χ0n) is 11.2. The average Bonchev–Trinajstić information content (AvgIpc) is 2.30. The fraction of sp³-hybridized carbons (Fsp3) is 0.571. The van der Waals surface area contributed by atoms with E-state index in [2.05, 4.69) is 0 Å². The van der Waals surface area contributed by atoms with Crippen LogP contribution in [0.3, 0.4) is 0 Å². The SMILES string of the molecule is CC(C)(C)C(N)C(CO)OCc1ccccc1F. The molecule has 102 valence electrons. The first kappa shape index (κ1) is 15.1. The van der Waals surface area contributed by atoms with Gasteiger partial charge in [-0.1, -0.05) is 39.0 Å². The highest BCUT2D eigenvalue weighted by molar-refractivity contribution is 5.16. The Hall–Kier alpha value is -0.970. The molecule has 1 rings (SSSR count). The van der Waals surface area contributed by atoms with Crippen molar-refractivity contribution in [3.63, 3.8) is 0 Å². The van der Waals surface area contributed by atoms with Gasteiger partial charge < -0.3 is 15.6 Å². The summed E-state index contributed by atoms with van der Waals surface area (Å²) in [5, 5.41) is 9.31. The molecule has 18 heavy (non-hydrogen) atoms. The van der Waals surface area contributed by atoms with Crippen LogP contribution in [0.1, 0.15) is 26.3 Å². The topological polar surface area (TPSA) is 55.5 Å². The van der Waals surface area contributed by atoms with E-state index in [0.29, 0.717) is 5.56 Å². The Morgan fingerprint density at radius 2 is 1.94 bits per heavy atom. The fourth-order valence-electron chi connectivity index (χ4n) is 1.64. The summed E-state index contributed by atoms with van der Waals surface area (Å²) in [4.78, 5) is 0. The van der Waals surface area contributed by atoms with Gasteiger partial charge >= 0.3 is 0 Å². The molecule has 2 unspecified atom stereocenters. The normalized spacial score (nSPS) is 15.4. The molecule has 0 aliphatic rings. The van der Waals surface area contributed by atoms with Crippen LogP contribution in [0.25, 0.3) is 0 Å². The smallest absolute Gasteiger partial charge is 0.128 e. The molecule has 0 radical (unpaired) electrons. The van der Waals surface area contributed by atoms with E-state index in [1.807, 2.05) is 20.8 Å². The molecule has 0 aliphatic carbocycles. The van der Waals surface area contributed by atoms with Crippen molar-refractivity contribution in [2.75, 3.05) is 6.61 Å². The second-order valence-corrected chi connectivity index (χ2v) is 5.52. The van der Waals surface area contributed by atoms with Crippen molar-refractivity contribution in [3.8, 4) is 0 Å². The van der Waals surface area contributed by atoms with E-state index in [1.165, 1.54) is 6.07 Å². The van der Waals surface area contributed by atoms with Crippen LogP contribution in [-0.4, -0.2) is 23.9 Å². The summed E-state index contributed by atoms with van der Waals surface area (Å²) >= 11 is 0. The van der Waals surface area contributed by atoms with Gasteiger partial charge in [-0.15, -0.1) is 0 Å². The lowest BCUT2D eigenvalue weighted by atomic mass is 9.84. The van der Waals surface area contributed by atoms with Crippen molar-refractivity contribution < 1.29 is 14.2 Å². The van der Waals surface area contributed by atoms with Gasteiger partial charge in [-0.3, -0.25) is 0 Å². The number of benzene rings is 1. The van der Waals surface area contributed by atoms with E-state index < -0.39 is 6.10 Å². The van der Waals surface area contributed by atoms with Crippen LogP contribution in [0, 0.1) is 11.2 Å². The Morgan fingerprint density at radius 1 is 1.33 bits per heavy atom. The lowest BCUT2D eigenvalue weighted by molar-refractivity contribution is -0.0341. The maximum atomic E-state index is 13.4. The summed E-state index contributed by atoms with van der Waals surface area (Å²) in [6.07, 6.45) is -0.496. The molecule has 3 nitrogen and oxygen atoms in total. The molecule has 0 aromatic heterocycles. The molecule has 1 aromatic rings. The predicted molar refractivity (Wildman–Crippen MR) is 69.5 cm³/mol. The number of rotatable bonds is 5. The van der Waals surface area contributed by atoms with E-state index in [-0.39, 0.29) is 30.5 Å². The summed E-state index contributed by atoms with van der Waals surface area (Å²) in [5.74, 6) is -0.307. The lowest BCUT2D eigenvalue weighted by Gasteiger charge is -2.33. The number of nitrogens with two attached hydrogens (primary N) is 1. The number of halogens is 1. The number of aliphatic hydroxyl groups excluding tert-OH is 1. The van der Waals surface area contributed by atoms with Gasteiger partial charge in [-0.25, -0.2) is 4.39 Å². The maximum Gasteiger partial charge on any atom is 0.128 e. The Balaban J connectivity index is 2.63. The molecule has 1 aromatic carbocycles. The summed E-state index contributed by atoms with van der Waals surface area (Å²) in [6.45, 7) is 5.88. The first-order valence-electron chi connectivity index (χ1n) is 6.07. The van der Waals surface area contributed by atoms with Crippen LogP contribution in [0.2, 0.25) is 0 Å². The third-order valence-corrected chi connectivity index (χ3v) is 2.99. The maximum absolute atomic E-state index is 13.4. The molecule has 2 atom stereocenters. The van der Waals surface area contributed by atoms with Gasteiger partial charge in [0.1, 0.15) is 5.82 Å². The summed E-state index contributed by atoms with van der Waals surface area (Å²) in [5.41, 5.74) is 6.32. The molecular weight excluding hydrogens is 233 g/mol. The first-order valence-corrected chi connectivity index (χ1v) is 6.07. The van der Waals surface area contributed by atoms with Crippen molar-refractivity contribution in [2.45, 2.75) is 39.5 Å². The molecule has 0 saturated carbocycles. The second-order valence-electron chi connectivity index (χ2n) is 5.52. The zero-order valence-corrected chi connectivity index (χ0v) is 11.2.